The number of rotatable bonds is 7. The van der Waals surface area contributed by atoms with Gasteiger partial charge in [-0.15, -0.1) is 0 Å². The number of hydrogen-bond donors (Lipinski definition) is 3. The minimum Gasteiger partial charge on any atom is -0.370 e. The second kappa shape index (κ2) is 8.08. The summed E-state index contributed by atoms with van der Waals surface area (Å²) in [7, 11) is 0. The number of nitrogens with one attached hydrogen (secondary N) is 3. The number of carbonyl (C=O) groups is 2. The highest BCUT2D eigenvalue weighted by atomic mass is 19.1. The normalized spacial score (nSPS) is 9.95. The van der Waals surface area contributed by atoms with Crippen LogP contribution in [0.4, 0.5) is 10.2 Å². The maximum absolute atomic E-state index is 13.2. The summed E-state index contributed by atoms with van der Waals surface area (Å²) in [6.45, 7) is 4.72. The molecule has 0 aliphatic carbocycles. The quantitative estimate of drug-likeness (QED) is 0.694. The third kappa shape index (κ3) is 4.83. The van der Waals surface area contributed by atoms with Gasteiger partial charge in [-0.2, -0.15) is 0 Å². The molecule has 3 N–H and O–H groups in total. The first-order valence-electron chi connectivity index (χ1n) is 6.52. The molecule has 20 heavy (non-hydrogen) atoms. The van der Waals surface area contributed by atoms with Crippen molar-refractivity contribution in [2.24, 2.45) is 0 Å². The summed E-state index contributed by atoms with van der Waals surface area (Å²) < 4.78 is 13.2. The molecule has 1 aromatic heterocycles. The van der Waals surface area contributed by atoms with Crippen LogP contribution in [-0.4, -0.2) is 36.4 Å². The summed E-state index contributed by atoms with van der Waals surface area (Å²) in [4.78, 5) is 27.1. The summed E-state index contributed by atoms with van der Waals surface area (Å²) in [5.41, 5.74) is 0.0788. The Hall–Kier alpha value is -2.18. The molecule has 0 aromatic carbocycles. The Labute approximate surface area is 117 Å². The molecule has 0 saturated carbocycles. The third-order valence-electron chi connectivity index (χ3n) is 2.42. The number of nitrogens with zero attached hydrogens (tertiary/aromatic N) is 1. The molecule has 110 valence electrons. The van der Waals surface area contributed by atoms with E-state index in [1.54, 1.807) is 0 Å². The van der Waals surface area contributed by atoms with Crippen molar-refractivity contribution in [3.05, 3.63) is 23.6 Å². The second-order valence-corrected chi connectivity index (χ2v) is 4.11. The van der Waals surface area contributed by atoms with Gasteiger partial charge in [0.05, 0.1) is 18.3 Å². The predicted octanol–water partition coefficient (Wildman–Crippen LogP) is 0.908. The largest absolute Gasteiger partial charge is 0.370 e. The molecular formula is C13H19FN4O2. The molecule has 0 atom stereocenters. The third-order valence-corrected chi connectivity index (χ3v) is 2.42. The van der Waals surface area contributed by atoms with E-state index in [1.807, 2.05) is 13.8 Å². The molecule has 0 unspecified atom stereocenters. The van der Waals surface area contributed by atoms with Crippen molar-refractivity contribution in [2.45, 2.75) is 20.3 Å². The number of hydrogen-bond acceptors (Lipinski definition) is 4. The molecule has 0 saturated heterocycles. The maximum Gasteiger partial charge on any atom is 0.255 e. The van der Waals surface area contributed by atoms with Crippen LogP contribution in [0.25, 0.3) is 0 Å². The van der Waals surface area contributed by atoms with Gasteiger partial charge in [-0.25, -0.2) is 9.37 Å². The summed E-state index contributed by atoms with van der Waals surface area (Å²) in [5, 5.41) is 7.93. The van der Waals surface area contributed by atoms with E-state index in [0.29, 0.717) is 18.9 Å². The number of aromatic nitrogens is 1. The molecule has 0 fully saturated rings. The minimum atomic E-state index is -0.604. The van der Waals surface area contributed by atoms with Crippen molar-refractivity contribution in [2.75, 3.05) is 25.0 Å². The molecule has 0 aliphatic heterocycles. The van der Waals surface area contributed by atoms with E-state index < -0.39 is 11.7 Å². The van der Waals surface area contributed by atoms with Crippen LogP contribution in [-0.2, 0) is 4.79 Å². The van der Waals surface area contributed by atoms with Crippen LogP contribution in [0, 0.1) is 5.82 Å². The number of pyridine rings is 1. The van der Waals surface area contributed by atoms with Crippen molar-refractivity contribution in [1.82, 2.24) is 15.6 Å². The summed E-state index contributed by atoms with van der Waals surface area (Å²) in [5.74, 6) is -1.14. The van der Waals surface area contributed by atoms with Gasteiger partial charge in [-0.3, -0.25) is 9.59 Å². The first-order chi connectivity index (χ1) is 9.58. The van der Waals surface area contributed by atoms with Gasteiger partial charge in [0.1, 0.15) is 11.6 Å². The summed E-state index contributed by atoms with van der Waals surface area (Å²) in [6, 6.07) is 1.09. The van der Waals surface area contributed by atoms with Gasteiger partial charge in [0.15, 0.2) is 0 Å². The first kappa shape index (κ1) is 15.9. The first-order valence-corrected chi connectivity index (χ1v) is 6.52. The van der Waals surface area contributed by atoms with Gasteiger partial charge in [0, 0.05) is 13.1 Å². The maximum atomic E-state index is 13.2. The standard InChI is InChI=1S/C13H19FN4O2/c1-3-5-16-11(19)8-18-13(20)10-6-9(14)7-17-12(10)15-4-2/h6-7H,3-5,8H2,1-2H3,(H,15,17)(H,16,19)(H,18,20). The Morgan fingerprint density at radius 1 is 1.30 bits per heavy atom. The molecule has 0 bridgehead atoms. The van der Waals surface area contributed by atoms with Crippen molar-refractivity contribution in [3.63, 3.8) is 0 Å². The fourth-order valence-electron chi connectivity index (χ4n) is 1.50. The lowest BCUT2D eigenvalue weighted by atomic mass is 10.2. The number of carbonyl (C=O) groups excluding carboxylic acids is 2. The zero-order valence-electron chi connectivity index (χ0n) is 11.6. The Morgan fingerprint density at radius 2 is 2.05 bits per heavy atom. The monoisotopic (exact) mass is 282 g/mol. The lowest BCUT2D eigenvalue weighted by molar-refractivity contribution is -0.120. The number of amides is 2. The smallest absolute Gasteiger partial charge is 0.255 e. The second-order valence-electron chi connectivity index (χ2n) is 4.11. The Balaban J connectivity index is 2.66. The highest BCUT2D eigenvalue weighted by Crippen LogP contribution is 2.13. The van der Waals surface area contributed by atoms with E-state index in [4.69, 9.17) is 0 Å². The van der Waals surface area contributed by atoms with Gasteiger partial charge >= 0.3 is 0 Å². The van der Waals surface area contributed by atoms with E-state index in [0.717, 1.165) is 18.7 Å². The molecule has 2 amide bonds. The van der Waals surface area contributed by atoms with E-state index in [2.05, 4.69) is 20.9 Å². The van der Waals surface area contributed by atoms with Crippen molar-refractivity contribution < 1.29 is 14.0 Å². The Bertz CT molecular complexity index is 479. The molecular weight excluding hydrogens is 263 g/mol. The molecule has 1 rings (SSSR count). The van der Waals surface area contributed by atoms with Gasteiger partial charge in [0.2, 0.25) is 5.91 Å². The van der Waals surface area contributed by atoms with Crippen LogP contribution >= 0.6 is 0 Å². The summed E-state index contributed by atoms with van der Waals surface area (Å²) >= 11 is 0. The van der Waals surface area contributed by atoms with Gasteiger partial charge in [-0.05, 0) is 19.4 Å². The van der Waals surface area contributed by atoms with Crippen LogP contribution in [0.5, 0.6) is 0 Å². The Kier molecular flexibility index (Phi) is 6.42. The average molecular weight is 282 g/mol. The van der Waals surface area contributed by atoms with Crippen molar-refractivity contribution >= 4 is 17.6 Å². The lowest BCUT2D eigenvalue weighted by Crippen LogP contribution is -2.37. The van der Waals surface area contributed by atoms with E-state index in [1.165, 1.54) is 0 Å². The fourth-order valence-corrected chi connectivity index (χ4v) is 1.50. The SMILES string of the molecule is CCCNC(=O)CNC(=O)c1cc(F)cnc1NCC. The Morgan fingerprint density at radius 3 is 2.70 bits per heavy atom. The highest BCUT2D eigenvalue weighted by Gasteiger charge is 2.14. The van der Waals surface area contributed by atoms with Gasteiger partial charge < -0.3 is 16.0 Å². The molecule has 7 heteroatoms. The average Bonchev–Trinajstić information content (AvgIpc) is 2.44. The lowest BCUT2D eigenvalue weighted by Gasteiger charge is -2.10. The zero-order chi connectivity index (χ0) is 15.0. The van der Waals surface area contributed by atoms with Crippen LogP contribution < -0.4 is 16.0 Å². The molecule has 1 aromatic rings. The van der Waals surface area contributed by atoms with Crippen molar-refractivity contribution in [3.8, 4) is 0 Å². The number of anilines is 1. The van der Waals surface area contributed by atoms with Crippen molar-refractivity contribution in [1.29, 1.82) is 0 Å². The zero-order valence-corrected chi connectivity index (χ0v) is 11.6. The predicted molar refractivity (Wildman–Crippen MR) is 74.0 cm³/mol. The van der Waals surface area contributed by atoms with E-state index >= 15 is 0 Å². The molecule has 6 nitrogen and oxygen atoms in total. The minimum absolute atomic E-state index is 0.0788. The molecule has 0 aliphatic rings. The van der Waals surface area contributed by atoms with Crippen LogP contribution in [0.15, 0.2) is 12.3 Å². The topological polar surface area (TPSA) is 83.1 Å². The fraction of sp³-hybridized carbons (Fsp3) is 0.462. The van der Waals surface area contributed by atoms with Gasteiger partial charge in [-0.1, -0.05) is 6.92 Å². The molecule has 1 heterocycles. The van der Waals surface area contributed by atoms with E-state index in [9.17, 15) is 14.0 Å². The van der Waals surface area contributed by atoms with Crippen LogP contribution in [0.1, 0.15) is 30.6 Å². The summed E-state index contributed by atoms with van der Waals surface area (Å²) in [6.07, 6.45) is 1.85. The molecule has 0 spiro atoms. The van der Waals surface area contributed by atoms with E-state index in [-0.39, 0.29) is 18.0 Å². The van der Waals surface area contributed by atoms with Crippen LogP contribution in [0.2, 0.25) is 0 Å². The molecule has 0 radical (unpaired) electrons. The number of halogens is 1. The highest BCUT2D eigenvalue weighted by molar-refractivity contribution is 6.00. The van der Waals surface area contributed by atoms with Gasteiger partial charge in [0.25, 0.3) is 5.91 Å². The van der Waals surface area contributed by atoms with Crippen LogP contribution in [0.3, 0.4) is 0 Å².